The zero-order chi connectivity index (χ0) is 24.7. The molecule has 1 saturated heterocycles. The van der Waals surface area contributed by atoms with E-state index in [-0.39, 0.29) is 18.6 Å². The Morgan fingerprint density at radius 2 is 1.85 bits per heavy atom. The smallest absolute Gasteiger partial charge is 0.319 e. The third kappa shape index (κ3) is 5.88. The van der Waals surface area contributed by atoms with Gasteiger partial charge in [0.15, 0.2) is 11.5 Å². The maximum Gasteiger partial charge on any atom is 0.319 e. The fraction of sp³-hybridized carbons (Fsp3) is 0.385. The second-order valence-corrected chi connectivity index (χ2v) is 8.25. The second-order valence-electron chi connectivity index (χ2n) is 8.25. The van der Waals surface area contributed by atoms with E-state index in [0.29, 0.717) is 23.7 Å². The second kappa shape index (κ2) is 11.6. The number of carbonyl (C=O) groups excluding carboxylic acids is 2. The lowest BCUT2D eigenvalue weighted by Crippen LogP contribution is -2.79. The minimum absolute atomic E-state index is 0.263. The summed E-state index contributed by atoms with van der Waals surface area (Å²) in [5.41, 5.74) is 4.59. The Kier molecular flexibility index (Phi) is 8.54. The molecule has 1 aliphatic rings. The van der Waals surface area contributed by atoms with Gasteiger partial charge in [-0.05, 0) is 49.6 Å². The molecule has 182 valence electrons. The minimum atomic E-state index is -0.671. The maximum atomic E-state index is 13.0. The first-order valence-electron chi connectivity index (χ1n) is 11.4. The number of hydrogen-bond donors (Lipinski definition) is 3. The number of benzene rings is 2. The first-order valence-corrected chi connectivity index (χ1v) is 11.4. The van der Waals surface area contributed by atoms with Gasteiger partial charge in [-0.25, -0.2) is 4.79 Å². The van der Waals surface area contributed by atoms with Crippen LogP contribution in [0.2, 0.25) is 0 Å². The third-order valence-corrected chi connectivity index (χ3v) is 5.87. The molecule has 0 aliphatic carbocycles. The lowest BCUT2D eigenvalue weighted by Gasteiger charge is -2.34. The van der Waals surface area contributed by atoms with E-state index in [1.54, 1.807) is 21.1 Å². The number of amides is 2. The highest BCUT2D eigenvalue weighted by Gasteiger charge is 2.41. The highest BCUT2D eigenvalue weighted by atomic mass is 16.5. The van der Waals surface area contributed by atoms with Gasteiger partial charge in [0.05, 0.1) is 39.1 Å². The fourth-order valence-corrected chi connectivity index (χ4v) is 4.14. The molecule has 0 bridgehead atoms. The number of esters is 1. The van der Waals surface area contributed by atoms with Crippen LogP contribution in [0.3, 0.4) is 0 Å². The lowest BCUT2D eigenvalue weighted by molar-refractivity contribution is -0.588. The van der Waals surface area contributed by atoms with Crippen molar-refractivity contribution in [2.75, 3.05) is 27.4 Å². The summed E-state index contributed by atoms with van der Waals surface area (Å²) >= 11 is 0. The summed E-state index contributed by atoms with van der Waals surface area (Å²) in [5.74, 6) is 0.322. The molecule has 1 heterocycles. The van der Waals surface area contributed by atoms with Crippen LogP contribution in [0.25, 0.3) is 0 Å². The monoisotopic (exact) mass is 468 g/mol. The normalized spacial score (nSPS) is 18.7. The van der Waals surface area contributed by atoms with E-state index in [1.807, 2.05) is 61.8 Å². The van der Waals surface area contributed by atoms with E-state index in [2.05, 4.69) is 10.6 Å². The summed E-state index contributed by atoms with van der Waals surface area (Å²) in [6.07, 6.45) is 2.58. The average Bonchev–Trinajstić information content (AvgIpc) is 2.82. The van der Waals surface area contributed by atoms with E-state index >= 15 is 0 Å². The topological polar surface area (TPSA) is 102 Å². The van der Waals surface area contributed by atoms with Gasteiger partial charge in [-0.15, -0.1) is 0 Å². The molecule has 3 rings (SSSR count). The van der Waals surface area contributed by atoms with Crippen LogP contribution in [-0.2, 0) is 16.0 Å². The van der Waals surface area contributed by atoms with Crippen molar-refractivity contribution in [3.8, 4) is 11.5 Å². The number of methoxy groups -OCH3 is 2. The number of aryl methyl sites for hydroxylation is 2. The molecule has 0 saturated carbocycles. The van der Waals surface area contributed by atoms with Crippen molar-refractivity contribution in [3.63, 3.8) is 0 Å². The summed E-state index contributed by atoms with van der Waals surface area (Å²) in [6, 6.07) is 11.0. The van der Waals surface area contributed by atoms with Crippen molar-refractivity contribution in [2.24, 2.45) is 5.92 Å². The molecule has 34 heavy (non-hydrogen) atoms. The van der Waals surface area contributed by atoms with E-state index in [4.69, 9.17) is 14.2 Å². The molecular formula is C26H34N3O5+. The predicted octanol–water partition coefficient (Wildman–Crippen LogP) is 2.50. The van der Waals surface area contributed by atoms with Crippen LogP contribution in [0, 0.1) is 19.8 Å². The predicted molar refractivity (Wildman–Crippen MR) is 129 cm³/mol. The van der Waals surface area contributed by atoms with Gasteiger partial charge in [-0.2, -0.15) is 0 Å². The van der Waals surface area contributed by atoms with Crippen molar-refractivity contribution in [1.82, 2.24) is 10.6 Å². The summed E-state index contributed by atoms with van der Waals surface area (Å²) in [5, 5.41) is 7.70. The van der Waals surface area contributed by atoms with Gasteiger partial charge in [0, 0.05) is 6.42 Å². The van der Waals surface area contributed by atoms with Gasteiger partial charge >= 0.3 is 12.0 Å². The number of quaternary nitrogens is 1. The van der Waals surface area contributed by atoms with Crippen molar-refractivity contribution in [3.05, 3.63) is 70.5 Å². The molecule has 2 aromatic rings. The van der Waals surface area contributed by atoms with Crippen LogP contribution >= 0.6 is 0 Å². The SMILES string of the molecule is CCOC(=O)[C@H]1/C(=C\[NH2+]CCc2ccc(OC)c(OC)c2)NC(=O)N[C@H]1c1cc(C)ccc1C. The maximum absolute atomic E-state index is 13.0. The van der Waals surface area contributed by atoms with Crippen LogP contribution < -0.4 is 25.4 Å². The standard InChI is InChI=1S/C26H33N3O5/c1-6-34-25(30)23-20(15-27-12-11-18-9-10-21(32-4)22(14-18)33-5)28-26(31)29-24(23)19-13-16(2)7-8-17(19)3/h7-10,13-15,23-24,27H,6,11-12H2,1-5H3,(H2,28,29,31)/p+1/b20-15+/t23-,24-/m0/s1. The Bertz CT molecular complexity index is 1070. The molecule has 1 fully saturated rings. The quantitative estimate of drug-likeness (QED) is 0.388. The highest BCUT2D eigenvalue weighted by Crippen LogP contribution is 2.33. The largest absolute Gasteiger partial charge is 0.493 e. The molecule has 0 spiro atoms. The van der Waals surface area contributed by atoms with Gasteiger partial charge in [0.2, 0.25) is 0 Å². The fourth-order valence-electron chi connectivity index (χ4n) is 4.14. The van der Waals surface area contributed by atoms with Gasteiger partial charge in [0.25, 0.3) is 0 Å². The molecule has 0 aromatic heterocycles. The van der Waals surface area contributed by atoms with Crippen molar-refractivity contribution in [1.29, 1.82) is 0 Å². The molecule has 0 unspecified atom stereocenters. The van der Waals surface area contributed by atoms with Crippen molar-refractivity contribution in [2.45, 2.75) is 33.2 Å². The number of rotatable bonds is 9. The zero-order valence-corrected chi connectivity index (χ0v) is 20.4. The number of ether oxygens (including phenoxy) is 3. The molecule has 8 heteroatoms. The molecule has 8 nitrogen and oxygen atoms in total. The Labute approximate surface area is 200 Å². The number of urea groups is 1. The number of hydrogen-bond acceptors (Lipinski definition) is 5. The molecular weight excluding hydrogens is 434 g/mol. The van der Waals surface area contributed by atoms with Crippen molar-refractivity contribution >= 4 is 12.0 Å². The molecule has 2 aromatic carbocycles. The Morgan fingerprint density at radius 3 is 2.56 bits per heavy atom. The summed E-state index contributed by atoms with van der Waals surface area (Å²) in [4.78, 5) is 25.5. The highest BCUT2D eigenvalue weighted by molar-refractivity contribution is 5.85. The first kappa shape index (κ1) is 25.1. The van der Waals surface area contributed by atoms with E-state index in [0.717, 1.165) is 28.7 Å². The van der Waals surface area contributed by atoms with Crippen LogP contribution in [0.15, 0.2) is 48.3 Å². The number of nitrogens with one attached hydrogen (secondary N) is 2. The third-order valence-electron chi connectivity index (χ3n) is 5.87. The summed E-state index contributed by atoms with van der Waals surface area (Å²) < 4.78 is 16.0. The van der Waals surface area contributed by atoms with Gasteiger partial charge < -0.3 is 30.2 Å². The molecule has 2 amide bonds. The van der Waals surface area contributed by atoms with Crippen molar-refractivity contribution < 1.29 is 29.1 Å². The van der Waals surface area contributed by atoms with Gasteiger partial charge in [-0.1, -0.05) is 29.8 Å². The van der Waals surface area contributed by atoms with E-state index in [1.165, 1.54) is 0 Å². The summed E-state index contributed by atoms with van der Waals surface area (Å²) in [7, 11) is 3.22. The van der Waals surface area contributed by atoms with Crippen LogP contribution in [0.1, 0.15) is 35.2 Å². The Hall–Kier alpha value is -3.52. The van der Waals surface area contributed by atoms with Crippen LogP contribution in [0.5, 0.6) is 11.5 Å². The van der Waals surface area contributed by atoms with Crippen LogP contribution in [-0.4, -0.2) is 39.4 Å². The molecule has 2 atom stereocenters. The molecule has 1 aliphatic heterocycles. The van der Waals surface area contributed by atoms with E-state index in [9.17, 15) is 9.59 Å². The molecule has 0 radical (unpaired) electrons. The number of nitrogens with two attached hydrogens (primary N) is 1. The van der Waals surface area contributed by atoms with Gasteiger partial charge in [-0.3, -0.25) is 4.79 Å². The van der Waals surface area contributed by atoms with Gasteiger partial charge in [0.1, 0.15) is 12.1 Å². The Balaban J connectivity index is 1.80. The first-order chi connectivity index (χ1) is 16.4. The minimum Gasteiger partial charge on any atom is -0.493 e. The van der Waals surface area contributed by atoms with Crippen LogP contribution in [0.4, 0.5) is 4.79 Å². The summed E-state index contributed by atoms with van der Waals surface area (Å²) in [6.45, 7) is 6.72. The zero-order valence-electron chi connectivity index (χ0n) is 20.4. The average molecular weight is 469 g/mol. The number of carbonyl (C=O) groups is 2. The Morgan fingerprint density at radius 1 is 1.09 bits per heavy atom. The lowest BCUT2D eigenvalue weighted by atomic mass is 9.86. The molecule has 4 N–H and O–H groups in total. The van der Waals surface area contributed by atoms with E-state index < -0.39 is 12.0 Å².